The summed E-state index contributed by atoms with van der Waals surface area (Å²) in [5.74, 6) is -1.08. The highest BCUT2D eigenvalue weighted by atomic mass is 35.5. The molecule has 0 radical (unpaired) electrons. The fraction of sp³-hybridized carbons (Fsp3) is 0.647. The Morgan fingerprint density at radius 3 is 1.87 bits per heavy atom. The van der Waals surface area contributed by atoms with Crippen molar-refractivity contribution in [3.05, 3.63) is 64.2 Å². The highest BCUT2D eigenvalue weighted by Gasteiger charge is 2.60. The topological polar surface area (TPSA) is 84.8 Å². The number of aliphatic hydroxyl groups is 1. The van der Waals surface area contributed by atoms with Crippen LogP contribution < -0.4 is 4.74 Å². The van der Waals surface area contributed by atoms with Crippen molar-refractivity contribution in [2.75, 3.05) is 13.2 Å². The van der Waals surface area contributed by atoms with E-state index in [4.69, 9.17) is 43.5 Å². The van der Waals surface area contributed by atoms with Crippen LogP contribution in [0.25, 0.3) is 0 Å². The summed E-state index contributed by atoms with van der Waals surface area (Å²) in [6.07, 6.45) is -1.39. The standard InChI is InChI=1S/C34H57ClO8Si4/c1-44(2,3)40-30-31(41-45(4,5)6)33(43-47(10,11)12)39-34(36,32(30)42-46(7,8)9)26-15-18-29(35)25(22-26)21-24-13-16-27(17-14-24)38-28-19-20-37-23-28/h13-18,22,28,30-33,36H,19-21,23H2,1-12H3/t28-,30-,31-,32+,33+,34?/m0/s1. The Morgan fingerprint density at radius 1 is 0.766 bits per heavy atom. The Labute approximate surface area is 291 Å². The molecule has 1 N–H and O–H groups in total. The van der Waals surface area contributed by atoms with E-state index in [1.807, 2.05) is 42.5 Å². The van der Waals surface area contributed by atoms with Crippen LogP contribution in [0.15, 0.2) is 42.5 Å². The molecule has 2 aliphatic heterocycles. The van der Waals surface area contributed by atoms with Crippen molar-refractivity contribution in [2.45, 2.75) is 128 Å². The number of benzene rings is 2. The van der Waals surface area contributed by atoms with Crippen LogP contribution in [0.5, 0.6) is 5.75 Å². The zero-order valence-electron chi connectivity index (χ0n) is 30.4. The summed E-state index contributed by atoms with van der Waals surface area (Å²) in [6.45, 7) is 26.9. The van der Waals surface area contributed by atoms with Crippen LogP contribution in [0.1, 0.15) is 23.1 Å². The van der Waals surface area contributed by atoms with Crippen LogP contribution in [-0.2, 0) is 39.4 Å². The van der Waals surface area contributed by atoms with E-state index >= 15 is 0 Å². The van der Waals surface area contributed by atoms with Crippen molar-refractivity contribution in [3.8, 4) is 5.75 Å². The predicted molar refractivity (Wildman–Crippen MR) is 198 cm³/mol. The van der Waals surface area contributed by atoms with Crippen molar-refractivity contribution in [3.63, 3.8) is 0 Å². The second-order valence-corrected chi connectivity index (χ2v) is 34.9. The largest absolute Gasteiger partial charge is 0.488 e. The highest BCUT2D eigenvalue weighted by Crippen LogP contribution is 2.44. The van der Waals surface area contributed by atoms with Gasteiger partial charge in [-0.2, -0.15) is 0 Å². The van der Waals surface area contributed by atoms with Gasteiger partial charge in [0.15, 0.2) is 39.6 Å². The molecule has 4 rings (SSSR count). The first kappa shape index (κ1) is 38.9. The van der Waals surface area contributed by atoms with E-state index in [-0.39, 0.29) is 6.10 Å². The van der Waals surface area contributed by atoms with E-state index in [1.54, 1.807) is 0 Å². The van der Waals surface area contributed by atoms with Crippen molar-refractivity contribution < 1.29 is 37.0 Å². The molecule has 0 aliphatic carbocycles. The number of hydrogen-bond acceptors (Lipinski definition) is 8. The van der Waals surface area contributed by atoms with E-state index < -0.39 is 63.7 Å². The summed E-state index contributed by atoms with van der Waals surface area (Å²) < 4.78 is 45.6. The molecule has 0 spiro atoms. The Morgan fingerprint density at radius 2 is 1.34 bits per heavy atom. The number of hydrogen-bond donors (Lipinski definition) is 1. The van der Waals surface area contributed by atoms with E-state index in [2.05, 4.69) is 78.6 Å². The lowest BCUT2D eigenvalue weighted by Crippen LogP contribution is -2.69. The third kappa shape index (κ3) is 11.3. The highest BCUT2D eigenvalue weighted by molar-refractivity contribution is 6.71. The average molecular weight is 742 g/mol. The van der Waals surface area contributed by atoms with Crippen molar-refractivity contribution in [1.82, 2.24) is 0 Å². The first-order valence-corrected chi connectivity index (χ1v) is 30.8. The summed E-state index contributed by atoms with van der Waals surface area (Å²) in [4.78, 5) is 0. The van der Waals surface area contributed by atoms with Gasteiger partial charge >= 0.3 is 0 Å². The Bertz CT molecular complexity index is 1330. The summed E-state index contributed by atoms with van der Waals surface area (Å²) in [6, 6.07) is 13.6. The van der Waals surface area contributed by atoms with Gasteiger partial charge in [0.05, 0.1) is 13.2 Å². The normalized spacial score (nSPS) is 27.7. The molecule has 0 bridgehead atoms. The zero-order valence-corrected chi connectivity index (χ0v) is 35.2. The molecule has 2 aromatic rings. The predicted octanol–water partition coefficient (Wildman–Crippen LogP) is 8.11. The molecule has 2 saturated heterocycles. The molecule has 47 heavy (non-hydrogen) atoms. The van der Waals surface area contributed by atoms with Gasteiger partial charge in [0.1, 0.15) is 30.2 Å². The SMILES string of the molecule is C[Si](C)(C)O[C@H]1OC(O)(c2ccc(Cl)c(Cc3ccc(O[C@H]4CCOC4)cc3)c2)[C@H](O[Si](C)(C)C)[C@@H](O[Si](C)(C)C)[C@@H]1O[Si](C)(C)C. The molecule has 6 atom stereocenters. The number of rotatable bonds is 13. The average Bonchev–Trinajstić information content (AvgIpc) is 3.41. The molecule has 2 aromatic carbocycles. The van der Waals surface area contributed by atoms with Gasteiger partial charge in [-0.1, -0.05) is 29.8 Å². The minimum absolute atomic E-state index is 0.0905. The molecule has 0 amide bonds. The monoisotopic (exact) mass is 740 g/mol. The second-order valence-electron chi connectivity index (χ2n) is 16.7. The maximum Gasteiger partial charge on any atom is 0.223 e. The van der Waals surface area contributed by atoms with Crippen LogP contribution in [0.4, 0.5) is 0 Å². The number of halogens is 1. The molecule has 2 aliphatic rings. The van der Waals surface area contributed by atoms with Crippen LogP contribution in [-0.4, -0.2) is 82.3 Å². The van der Waals surface area contributed by atoms with Gasteiger partial charge in [-0.05, 0) is 120 Å². The van der Waals surface area contributed by atoms with Gasteiger partial charge in [0, 0.05) is 17.0 Å². The van der Waals surface area contributed by atoms with Crippen LogP contribution in [0, 0.1) is 0 Å². The lowest BCUT2D eigenvalue weighted by molar-refractivity contribution is -0.379. The van der Waals surface area contributed by atoms with Crippen molar-refractivity contribution in [1.29, 1.82) is 0 Å². The minimum atomic E-state index is -2.27. The van der Waals surface area contributed by atoms with Crippen LogP contribution in [0.2, 0.25) is 83.6 Å². The summed E-state index contributed by atoms with van der Waals surface area (Å²) in [5.41, 5.74) is 2.46. The maximum absolute atomic E-state index is 12.9. The van der Waals surface area contributed by atoms with Gasteiger partial charge < -0.3 is 37.0 Å². The molecular weight excluding hydrogens is 684 g/mol. The fourth-order valence-electron chi connectivity index (χ4n) is 5.77. The summed E-state index contributed by atoms with van der Waals surface area (Å²) in [5, 5.41) is 13.5. The first-order chi connectivity index (χ1) is 21.5. The lowest BCUT2D eigenvalue weighted by Gasteiger charge is -2.54. The van der Waals surface area contributed by atoms with E-state index in [0.717, 1.165) is 29.9 Å². The van der Waals surface area contributed by atoms with Gasteiger partial charge in [-0.15, -0.1) is 0 Å². The van der Waals surface area contributed by atoms with Crippen molar-refractivity contribution >= 4 is 44.9 Å². The minimum Gasteiger partial charge on any atom is -0.488 e. The van der Waals surface area contributed by atoms with Crippen LogP contribution >= 0.6 is 11.6 Å². The maximum atomic E-state index is 12.9. The molecular formula is C34H57ClO8Si4. The molecule has 0 aromatic heterocycles. The van der Waals surface area contributed by atoms with Crippen molar-refractivity contribution in [2.24, 2.45) is 0 Å². The van der Waals surface area contributed by atoms with Gasteiger partial charge in [-0.3, -0.25) is 0 Å². The summed E-state index contributed by atoms with van der Waals surface area (Å²) in [7, 11) is -8.79. The summed E-state index contributed by atoms with van der Waals surface area (Å²) >= 11 is 6.81. The second kappa shape index (κ2) is 14.8. The third-order valence-electron chi connectivity index (χ3n) is 7.47. The fourth-order valence-corrected chi connectivity index (χ4v) is 10.0. The smallest absolute Gasteiger partial charge is 0.223 e. The Hall–Kier alpha value is -0.882. The first-order valence-electron chi connectivity index (χ1n) is 16.8. The number of ether oxygens (including phenoxy) is 3. The Kier molecular flexibility index (Phi) is 12.2. The molecule has 8 nitrogen and oxygen atoms in total. The van der Waals surface area contributed by atoms with Gasteiger partial charge in [0.25, 0.3) is 0 Å². The van der Waals surface area contributed by atoms with Gasteiger partial charge in [0.2, 0.25) is 5.79 Å². The lowest BCUT2D eigenvalue weighted by atomic mass is 9.89. The zero-order chi connectivity index (χ0) is 35.0. The molecule has 13 heteroatoms. The quantitative estimate of drug-likeness (QED) is 0.206. The van der Waals surface area contributed by atoms with E-state index in [0.29, 0.717) is 23.6 Å². The molecule has 1 unspecified atom stereocenters. The molecule has 264 valence electrons. The Balaban J connectivity index is 1.76. The third-order valence-corrected chi connectivity index (χ3v) is 11.7. The van der Waals surface area contributed by atoms with Crippen LogP contribution in [0.3, 0.4) is 0 Å². The molecule has 0 saturated carbocycles. The van der Waals surface area contributed by atoms with Gasteiger partial charge in [-0.25, -0.2) is 0 Å². The van der Waals surface area contributed by atoms with E-state index in [1.165, 1.54) is 0 Å². The molecule has 2 heterocycles. The van der Waals surface area contributed by atoms with E-state index in [9.17, 15) is 5.11 Å². The molecule has 2 fully saturated rings.